The summed E-state index contributed by atoms with van der Waals surface area (Å²) in [5.41, 5.74) is 0.903. The van der Waals surface area contributed by atoms with Crippen molar-refractivity contribution in [2.24, 2.45) is 4.99 Å². The lowest BCUT2D eigenvalue weighted by Crippen LogP contribution is -2.50. The van der Waals surface area contributed by atoms with Gasteiger partial charge in [0.1, 0.15) is 5.82 Å². The van der Waals surface area contributed by atoms with Crippen molar-refractivity contribution < 1.29 is 4.39 Å². The second-order valence-electron chi connectivity index (χ2n) is 7.42. The van der Waals surface area contributed by atoms with Crippen LogP contribution in [-0.2, 0) is 6.54 Å². The number of hydrogen-bond donors (Lipinski definition) is 2. The fourth-order valence-electron chi connectivity index (χ4n) is 4.08. The largest absolute Gasteiger partial charge is 0.354 e. The van der Waals surface area contributed by atoms with Crippen molar-refractivity contribution in [2.45, 2.75) is 63.6 Å². The zero-order chi connectivity index (χ0) is 18.4. The molecule has 1 aliphatic heterocycles. The second kappa shape index (κ2) is 11.6. The summed E-state index contributed by atoms with van der Waals surface area (Å²) in [5, 5.41) is 6.83. The van der Waals surface area contributed by atoms with Gasteiger partial charge in [0.2, 0.25) is 0 Å². The molecular formula is C20H31BrFIN4. The van der Waals surface area contributed by atoms with E-state index >= 15 is 0 Å². The number of aliphatic imine (C=N–C) groups is 1. The van der Waals surface area contributed by atoms with Crippen LogP contribution in [0.15, 0.2) is 27.7 Å². The molecule has 0 atom stereocenters. The van der Waals surface area contributed by atoms with E-state index in [0.29, 0.717) is 17.1 Å². The van der Waals surface area contributed by atoms with Crippen molar-refractivity contribution in [3.05, 3.63) is 34.1 Å². The van der Waals surface area contributed by atoms with Crippen molar-refractivity contribution in [3.63, 3.8) is 0 Å². The van der Waals surface area contributed by atoms with E-state index < -0.39 is 0 Å². The Hall–Kier alpha value is -0.410. The van der Waals surface area contributed by atoms with Crippen LogP contribution in [0.25, 0.3) is 0 Å². The van der Waals surface area contributed by atoms with Crippen LogP contribution in [0.5, 0.6) is 0 Å². The van der Waals surface area contributed by atoms with Crippen LogP contribution in [-0.4, -0.2) is 43.1 Å². The summed E-state index contributed by atoms with van der Waals surface area (Å²) in [7, 11) is 1.79. The molecule has 3 rings (SSSR count). The first-order chi connectivity index (χ1) is 12.7. The second-order valence-corrected chi connectivity index (χ2v) is 8.27. The Morgan fingerprint density at radius 1 is 1.19 bits per heavy atom. The van der Waals surface area contributed by atoms with Crippen LogP contribution >= 0.6 is 39.9 Å². The van der Waals surface area contributed by atoms with Crippen LogP contribution in [0.2, 0.25) is 0 Å². The number of nitrogens with zero attached hydrogens (tertiary/aromatic N) is 2. The van der Waals surface area contributed by atoms with Gasteiger partial charge in [0, 0.05) is 38.8 Å². The van der Waals surface area contributed by atoms with E-state index in [1.165, 1.54) is 45.2 Å². The van der Waals surface area contributed by atoms with Gasteiger partial charge in [-0.3, -0.25) is 4.99 Å². The Kier molecular flexibility index (Phi) is 9.79. The number of rotatable bonds is 4. The minimum absolute atomic E-state index is 0. The molecule has 1 aromatic rings. The molecule has 27 heavy (non-hydrogen) atoms. The van der Waals surface area contributed by atoms with Crippen molar-refractivity contribution in [1.82, 2.24) is 15.5 Å². The van der Waals surface area contributed by atoms with Gasteiger partial charge >= 0.3 is 0 Å². The fraction of sp³-hybridized carbons (Fsp3) is 0.650. The molecule has 7 heteroatoms. The van der Waals surface area contributed by atoms with Crippen LogP contribution in [0.4, 0.5) is 4.39 Å². The molecule has 152 valence electrons. The highest BCUT2D eigenvalue weighted by Gasteiger charge is 2.26. The first-order valence-electron chi connectivity index (χ1n) is 9.81. The van der Waals surface area contributed by atoms with Gasteiger partial charge in [-0.2, -0.15) is 0 Å². The van der Waals surface area contributed by atoms with Gasteiger partial charge in [0.05, 0.1) is 4.47 Å². The van der Waals surface area contributed by atoms with Gasteiger partial charge in [-0.1, -0.05) is 25.3 Å². The molecule has 1 saturated carbocycles. The maximum Gasteiger partial charge on any atom is 0.191 e. The zero-order valence-corrected chi connectivity index (χ0v) is 19.9. The molecule has 2 fully saturated rings. The summed E-state index contributed by atoms with van der Waals surface area (Å²) in [6, 6.07) is 6.48. The number of piperidine rings is 1. The van der Waals surface area contributed by atoms with E-state index in [9.17, 15) is 4.39 Å². The van der Waals surface area contributed by atoms with Crippen LogP contribution in [0, 0.1) is 5.82 Å². The van der Waals surface area contributed by atoms with Gasteiger partial charge in [-0.05, 0) is 59.3 Å². The maximum absolute atomic E-state index is 13.6. The van der Waals surface area contributed by atoms with Gasteiger partial charge in [-0.25, -0.2) is 4.39 Å². The molecule has 0 radical (unpaired) electrons. The molecule has 0 amide bonds. The number of guanidine groups is 1. The minimum Gasteiger partial charge on any atom is -0.354 e. The fourth-order valence-corrected chi connectivity index (χ4v) is 4.33. The Morgan fingerprint density at radius 3 is 2.52 bits per heavy atom. The molecule has 0 bridgehead atoms. The van der Waals surface area contributed by atoms with Gasteiger partial charge in [0.15, 0.2) is 5.96 Å². The molecule has 1 saturated heterocycles. The van der Waals surface area contributed by atoms with Crippen LogP contribution in [0.1, 0.15) is 50.5 Å². The van der Waals surface area contributed by atoms with Crippen LogP contribution < -0.4 is 10.6 Å². The van der Waals surface area contributed by atoms with Gasteiger partial charge in [0.25, 0.3) is 0 Å². The van der Waals surface area contributed by atoms with E-state index in [4.69, 9.17) is 0 Å². The molecule has 2 aliphatic rings. The number of halogens is 3. The van der Waals surface area contributed by atoms with E-state index in [-0.39, 0.29) is 29.8 Å². The normalized spacial score (nSPS) is 20.2. The first kappa shape index (κ1) is 22.9. The highest BCUT2D eigenvalue weighted by molar-refractivity contribution is 14.0. The Labute approximate surface area is 187 Å². The van der Waals surface area contributed by atoms with E-state index in [1.807, 2.05) is 6.07 Å². The van der Waals surface area contributed by atoms with Gasteiger partial charge in [-0.15, -0.1) is 24.0 Å². The molecule has 0 unspecified atom stereocenters. The smallest absolute Gasteiger partial charge is 0.191 e. The monoisotopic (exact) mass is 552 g/mol. The molecular weight excluding hydrogens is 522 g/mol. The Balaban J connectivity index is 0.00000261. The highest BCUT2D eigenvalue weighted by atomic mass is 127. The molecule has 1 aromatic carbocycles. The molecule has 1 aliphatic carbocycles. The number of hydrogen-bond acceptors (Lipinski definition) is 2. The molecule has 0 aromatic heterocycles. The summed E-state index contributed by atoms with van der Waals surface area (Å²) >= 11 is 3.19. The SMILES string of the molecule is CN=C(NCc1ccc(Br)c(F)c1)NC1CCN(C2CCCCC2)CC1.I. The summed E-state index contributed by atoms with van der Waals surface area (Å²) < 4.78 is 14.1. The summed E-state index contributed by atoms with van der Waals surface area (Å²) in [6.45, 7) is 2.92. The lowest BCUT2D eigenvalue weighted by molar-refractivity contribution is 0.119. The summed E-state index contributed by atoms with van der Waals surface area (Å²) in [5.74, 6) is 0.562. The van der Waals surface area contributed by atoms with Crippen LogP contribution in [0.3, 0.4) is 0 Å². The third kappa shape index (κ3) is 6.85. The summed E-state index contributed by atoms with van der Waals surface area (Å²) in [4.78, 5) is 7.02. The number of likely N-dealkylation sites (tertiary alicyclic amines) is 1. The first-order valence-corrected chi connectivity index (χ1v) is 10.6. The lowest BCUT2D eigenvalue weighted by Gasteiger charge is -2.39. The van der Waals surface area contributed by atoms with E-state index in [1.54, 1.807) is 19.2 Å². The average Bonchev–Trinajstić information content (AvgIpc) is 2.69. The lowest BCUT2D eigenvalue weighted by atomic mass is 9.92. The summed E-state index contributed by atoms with van der Waals surface area (Å²) in [6.07, 6.45) is 9.29. The molecule has 4 nitrogen and oxygen atoms in total. The van der Waals surface area contributed by atoms with E-state index in [2.05, 4.69) is 36.5 Å². The third-order valence-electron chi connectivity index (χ3n) is 5.63. The molecule has 2 N–H and O–H groups in total. The van der Waals surface area contributed by atoms with E-state index in [0.717, 1.165) is 30.4 Å². The number of benzene rings is 1. The Morgan fingerprint density at radius 2 is 1.89 bits per heavy atom. The quantitative estimate of drug-likeness (QED) is 0.324. The molecule has 0 spiro atoms. The zero-order valence-electron chi connectivity index (χ0n) is 16.0. The van der Waals surface area contributed by atoms with Crippen molar-refractivity contribution in [3.8, 4) is 0 Å². The molecule has 1 heterocycles. The average molecular weight is 553 g/mol. The van der Waals surface area contributed by atoms with Crippen molar-refractivity contribution >= 4 is 45.9 Å². The number of nitrogens with one attached hydrogen (secondary N) is 2. The predicted molar refractivity (Wildman–Crippen MR) is 124 cm³/mol. The maximum atomic E-state index is 13.6. The predicted octanol–water partition coefficient (Wildman–Crippen LogP) is 4.67. The van der Waals surface area contributed by atoms with Crippen molar-refractivity contribution in [1.29, 1.82) is 0 Å². The standard InChI is InChI=1S/C20H30BrFN4.HI/c1-23-20(24-14-15-7-8-18(21)19(22)13-15)25-16-9-11-26(12-10-16)17-5-3-2-4-6-17;/h7-8,13,16-17H,2-6,9-12,14H2,1H3,(H2,23,24,25);1H. The minimum atomic E-state index is -0.234. The van der Waals surface area contributed by atoms with Gasteiger partial charge < -0.3 is 15.5 Å². The third-order valence-corrected chi connectivity index (χ3v) is 6.27. The Bertz CT molecular complexity index is 614. The highest BCUT2D eigenvalue weighted by Crippen LogP contribution is 2.25. The topological polar surface area (TPSA) is 39.7 Å². The van der Waals surface area contributed by atoms with Crippen molar-refractivity contribution in [2.75, 3.05) is 20.1 Å².